The Morgan fingerprint density at radius 2 is 1.97 bits per heavy atom. The summed E-state index contributed by atoms with van der Waals surface area (Å²) in [5.41, 5.74) is 2.09. The normalized spacial score (nSPS) is 15.0. The molecule has 0 unspecified atom stereocenters. The number of rotatable bonds is 9. The van der Waals surface area contributed by atoms with E-state index in [1.807, 2.05) is 18.2 Å². The third kappa shape index (κ3) is 5.73. The summed E-state index contributed by atoms with van der Waals surface area (Å²) in [5, 5.41) is 0.755. The van der Waals surface area contributed by atoms with E-state index in [1.165, 1.54) is 44.9 Å². The van der Waals surface area contributed by atoms with Crippen LogP contribution in [0.2, 0.25) is 5.02 Å². The number of nitrogens with one attached hydrogen (secondary N) is 1. The molecule has 0 bridgehead atoms. The van der Waals surface area contributed by atoms with Crippen molar-refractivity contribution in [3.05, 3.63) is 47.2 Å². The van der Waals surface area contributed by atoms with Crippen LogP contribution < -0.4 is 4.74 Å². The van der Waals surface area contributed by atoms with Crippen LogP contribution in [0.3, 0.4) is 0 Å². The molecule has 3 nitrogen and oxygen atoms in total. The zero-order valence-corrected chi connectivity index (χ0v) is 19.3. The van der Waals surface area contributed by atoms with Gasteiger partial charge in [-0.15, -0.1) is 0 Å². The van der Waals surface area contributed by atoms with Gasteiger partial charge in [-0.1, -0.05) is 62.0 Å². The number of imidazole rings is 1. The Hall–Kier alpha value is -1.65. The third-order valence-corrected chi connectivity index (χ3v) is 7.00. The van der Waals surface area contributed by atoms with Gasteiger partial charge in [0.25, 0.3) is 0 Å². The van der Waals surface area contributed by atoms with Crippen molar-refractivity contribution in [3.8, 4) is 5.75 Å². The van der Waals surface area contributed by atoms with Gasteiger partial charge in [0.1, 0.15) is 11.6 Å². The molecule has 0 spiro atoms. The van der Waals surface area contributed by atoms with E-state index in [0.717, 1.165) is 56.7 Å². The molecule has 0 saturated heterocycles. The maximum atomic E-state index is 6.52. The molecule has 0 atom stereocenters. The van der Waals surface area contributed by atoms with Crippen LogP contribution >= 0.6 is 23.4 Å². The van der Waals surface area contributed by atoms with E-state index >= 15 is 0 Å². The second-order valence-electron chi connectivity index (χ2n) is 8.25. The van der Waals surface area contributed by atoms with Gasteiger partial charge in [-0.05, 0) is 56.4 Å². The molecular weight excluding hydrogens is 412 g/mol. The summed E-state index contributed by atoms with van der Waals surface area (Å²) in [7, 11) is 0. The molecule has 1 heterocycles. The molecular formula is C25H31ClN2OS. The first-order valence-corrected chi connectivity index (χ1v) is 12.5. The summed E-state index contributed by atoms with van der Waals surface area (Å²) in [4.78, 5) is 10.6. The first kappa shape index (κ1) is 21.6. The van der Waals surface area contributed by atoms with E-state index in [1.54, 1.807) is 11.8 Å². The zero-order chi connectivity index (χ0) is 20.8. The lowest BCUT2D eigenvalue weighted by atomic mass is 9.98. The topological polar surface area (TPSA) is 37.9 Å². The van der Waals surface area contributed by atoms with Crippen molar-refractivity contribution in [2.45, 2.75) is 87.0 Å². The summed E-state index contributed by atoms with van der Waals surface area (Å²) in [5.74, 6) is 2.04. The Bertz CT molecular complexity index is 965. The Morgan fingerprint density at radius 3 is 2.77 bits per heavy atom. The lowest BCUT2D eigenvalue weighted by Gasteiger charge is -2.24. The standard InChI is InChI=1S/C25H31ClN2OS/c1-2-3-4-8-14-25-27-21-16-23(29-19-11-6-5-7-12-19)24(17-22(21)28-25)30-20-13-9-10-18(26)15-20/h9-10,13,15-17,19H,2-8,11-12,14H2,1H3,(H,27,28). The minimum atomic E-state index is 0.311. The van der Waals surface area contributed by atoms with Crippen molar-refractivity contribution in [2.75, 3.05) is 0 Å². The minimum Gasteiger partial charge on any atom is -0.489 e. The molecule has 160 valence electrons. The van der Waals surface area contributed by atoms with Gasteiger partial charge in [-0.25, -0.2) is 4.98 Å². The van der Waals surface area contributed by atoms with Crippen molar-refractivity contribution in [3.63, 3.8) is 0 Å². The summed E-state index contributed by atoms with van der Waals surface area (Å²) in [6, 6.07) is 12.3. The number of H-pyrrole nitrogens is 1. The minimum absolute atomic E-state index is 0.311. The number of fused-ring (bicyclic) bond motifs is 1. The van der Waals surface area contributed by atoms with E-state index < -0.39 is 0 Å². The van der Waals surface area contributed by atoms with Gasteiger partial charge in [0, 0.05) is 22.4 Å². The lowest BCUT2D eigenvalue weighted by molar-refractivity contribution is 0.151. The van der Waals surface area contributed by atoms with Crippen molar-refractivity contribution >= 4 is 34.4 Å². The maximum Gasteiger partial charge on any atom is 0.135 e. The molecule has 4 rings (SSSR count). The number of hydrogen-bond donors (Lipinski definition) is 1. The predicted octanol–water partition coefficient (Wildman–Crippen LogP) is 8.20. The van der Waals surface area contributed by atoms with Gasteiger partial charge in [-0.2, -0.15) is 0 Å². The van der Waals surface area contributed by atoms with Crippen LogP contribution in [0.15, 0.2) is 46.2 Å². The number of benzene rings is 2. The van der Waals surface area contributed by atoms with E-state index in [-0.39, 0.29) is 0 Å². The first-order valence-electron chi connectivity index (χ1n) is 11.3. The average molecular weight is 443 g/mol. The van der Waals surface area contributed by atoms with Crippen LogP contribution in [0.4, 0.5) is 0 Å². The number of ether oxygens (including phenoxy) is 1. The highest BCUT2D eigenvalue weighted by Crippen LogP contribution is 2.39. The van der Waals surface area contributed by atoms with Crippen molar-refractivity contribution in [2.24, 2.45) is 0 Å². The monoisotopic (exact) mass is 442 g/mol. The van der Waals surface area contributed by atoms with E-state index in [4.69, 9.17) is 21.3 Å². The fraction of sp³-hybridized carbons (Fsp3) is 0.480. The molecule has 1 aliphatic rings. The lowest BCUT2D eigenvalue weighted by Crippen LogP contribution is -2.19. The van der Waals surface area contributed by atoms with Gasteiger partial charge in [0.2, 0.25) is 0 Å². The molecule has 1 aliphatic carbocycles. The van der Waals surface area contributed by atoms with Crippen molar-refractivity contribution < 1.29 is 4.74 Å². The highest BCUT2D eigenvalue weighted by atomic mass is 35.5. The fourth-order valence-corrected chi connectivity index (χ4v) is 5.32. The van der Waals surface area contributed by atoms with E-state index in [0.29, 0.717) is 6.10 Å². The number of halogens is 1. The number of aryl methyl sites for hydroxylation is 1. The molecule has 1 saturated carbocycles. The van der Waals surface area contributed by atoms with Gasteiger partial charge in [0.15, 0.2) is 0 Å². The molecule has 5 heteroatoms. The molecule has 0 aliphatic heterocycles. The summed E-state index contributed by atoms with van der Waals surface area (Å²) in [6.45, 7) is 2.24. The Labute approximate surface area is 189 Å². The number of aromatic nitrogens is 2. The smallest absolute Gasteiger partial charge is 0.135 e. The quantitative estimate of drug-likeness (QED) is 0.339. The van der Waals surface area contributed by atoms with Gasteiger partial charge < -0.3 is 9.72 Å². The van der Waals surface area contributed by atoms with Crippen LogP contribution in [0.25, 0.3) is 11.0 Å². The highest BCUT2D eigenvalue weighted by molar-refractivity contribution is 7.99. The summed E-state index contributed by atoms with van der Waals surface area (Å²) < 4.78 is 6.52. The predicted molar refractivity (Wildman–Crippen MR) is 127 cm³/mol. The van der Waals surface area contributed by atoms with Gasteiger partial charge >= 0.3 is 0 Å². The molecule has 1 N–H and O–H groups in total. The Morgan fingerprint density at radius 1 is 1.10 bits per heavy atom. The largest absolute Gasteiger partial charge is 0.489 e. The second kappa shape index (κ2) is 10.6. The molecule has 30 heavy (non-hydrogen) atoms. The second-order valence-corrected chi connectivity index (χ2v) is 9.80. The number of nitrogens with zero attached hydrogens (tertiary/aromatic N) is 1. The Kier molecular flexibility index (Phi) is 7.62. The summed E-state index contributed by atoms with van der Waals surface area (Å²) in [6.07, 6.45) is 12.4. The van der Waals surface area contributed by atoms with Crippen LogP contribution in [0, 0.1) is 0 Å². The van der Waals surface area contributed by atoms with Crippen LogP contribution in [-0.4, -0.2) is 16.1 Å². The molecule has 1 aromatic heterocycles. The van der Waals surface area contributed by atoms with E-state index in [2.05, 4.69) is 30.1 Å². The fourth-order valence-electron chi connectivity index (χ4n) is 4.10. The van der Waals surface area contributed by atoms with Crippen LogP contribution in [0.5, 0.6) is 5.75 Å². The average Bonchev–Trinajstić information content (AvgIpc) is 3.14. The zero-order valence-electron chi connectivity index (χ0n) is 17.8. The number of aromatic amines is 1. The maximum absolute atomic E-state index is 6.52. The molecule has 0 radical (unpaired) electrons. The third-order valence-electron chi connectivity index (χ3n) is 5.73. The van der Waals surface area contributed by atoms with Gasteiger partial charge in [-0.3, -0.25) is 0 Å². The highest BCUT2D eigenvalue weighted by Gasteiger charge is 2.19. The molecule has 1 fully saturated rings. The van der Waals surface area contributed by atoms with Crippen LogP contribution in [-0.2, 0) is 6.42 Å². The SMILES string of the molecule is CCCCCCc1nc2cc(Sc3cccc(Cl)c3)c(OC3CCCCC3)cc2[nH]1. The number of unbranched alkanes of at least 4 members (excludes halogenated alkanes) is 3. The first-order chi connectivity index (χ1) is 14.7. The summed E-state index contributed by atoms with van der Waals surface area (Å²) >= 11 is 7.92. The number of hydrogen-bond acceptors (Lipinski definition) is 3. The molecule has 2 aromatic carbocycles. The van der Waals surface area contributed by atoms with E-state index in [9.17, 15) is 0 Å². The van der Waals surface area contributed by atoms with Gasteiger partial charge in [0.05, 0.1) is 22.0 Å². The molecule has 0 amide bonds. The van der Waals surface area contributed by atoms with Crippen LogP contribution in [0.1, 0.15) is 70.5 Å². The Balaban J connectivity index is 1.60. The molecule has 3 aromatic rings. The van der Waals surface area contributed by atoms with Crippen molar-refractivity contribution in [1.82, 2.24) is 9.97 Å². The van der Waals surface area contributed by atoms with Crippen molar-refractivity contribution in [1.29, 1.82) is 0 Å².